The Morgan fingerprint density at radius 1 is 1.42 bits per heavy atom. The van der Waals surface area contributed by atoms with Crippen LogP contribution in [0.15, 0.2) is 30.6 Å². The van der Waals surface area contributed by atoms with Crippen molar-refractivity contribution in [1.29, 1.82) is 0 Å². The van der Waals surface area contributed by atoms with Crippen LogP contribution in [0.5, 0.6) is 0 Å². The maximum absolute atomic E-state index is 13.1. The summed E-state index contributed by atoms with van der Waals surface area (Å²) in [7, 11) is 0. The standard InChI is InChI=1S/C13H18FN5/c1-2-19-13(16-9-17-19)8-12(18-15)7-10-4-3-5-11(14)6-10/h3-6,9,12,18H,2,7-8,15H2,1H3. The molecule has 0 aliphatic rings. The van der Waals surface area contributed by atoms with Crippen molar-refractivity contribution >= 4 is 0 Å². The molecule has 19 heavy (non-hydrogen) atoms. The first-order chi connectivity index (χ1) is 9.22. The van der Waals surface area contributed by atoms with Crippen LogP contribution in [0.4, 0.5) is 4.39 Å². The van der Waals surface area contributed by atoms with E-state index in [4.69, 9.17) is 5.84 Å². The van der Waals surface area contributed by atoms with E-state index in [2.05, 4.69) is 15.5 Å². The Morgan fingerprint density at radius 2 is 2.26 bits per heavy atom. The Morgan fingerprint density at radius 3 is 2.95 bits per heavy atom. The molecule has 1 unspecified atom stereocenters. The summed E-state index contributed by atoms with van der Waals surface area (Å²) in [5, 5.41) is 4.12. The van der Waals surface area contributed by atoms with Gasteiger partial charge in [0.1, 0.15) is 18.0 Å². The second-order valence-corrected chi connectivity index (χ2v) is 4.39. The lowest BCUT2D eigenvalue weighted by Gasteiger charge is -2.15. The van der Waals surface area contributed by atoms with Crippen LogP contribution in [-0.4, -0.2) is 20.8 Å². The molecule has 0 radical (unpaired) electrons. The average molecular weight is 263 g/mol. The largest absolute Gasteiger partial charge is 0.271 e. The van der Waals surface area contributed by atoms with Crippen LogP contribution in [0.1, 0.15) is 18.3 Å². The van der Waals surface area contributed by atoms with Crippen molar-refractivity contribution in [2.24, 2.45) is 5.84 Å². The third-order valence-corrected chi connectivity index (χ3v) is 3.03. The maximum Gasteiger partial charge on any atom is 0.138 e. The molecular weight excluding hydrogens is 245 g/mol. The lowest BCUT2D eigenvalue weighted by molar-refractivity contribution is 0.489. The van der Waals surface area contributed by atoms with E-state index in [0.717, 1.165) is 17.9 Å². The highest BCUT2D eigenvalue weighted by Crippen LogP contribution is 2.09. The topological polar surface area (TPSA) is 68.8 Å². The number of hydrogen-bond acceptors (Lipinski definition) is 4. The molecule has 1 aromatic heterocycles. The van der Waals surface area contributed by atoms with Gasteiger partial charge >= 0.3 is 0 Å². The van der Waals surface area contributed by atoms with E-state index in [9.17, 15) is 4.39 Å². The number of rotatable bonds is 6. The van der Waals surface area contributed by atoms with Crippen LogP contribution < -0.4 is 11.3 Å². The molecule has 2 aromatic rings. The van der Waals surface area contributed by atoms with Gasteiger partial charge in [0.25, 0.3) is 0 Å². The monoisotopic (exact) mass is 263 g/mol. The number of hydrogen-bond donors (Lipinski definition) is 2. The number of hydrazine groups is 1. The molecule has 3 N–H and O–H groups in total. The van der Waals surface area contributed by atoms with Crippen molar-refractivity contribution in [3.05, 3.63) is 47.8 Å². The second kappa shape index (κ2) is 6.40. The molecule has 0 saturated carbocycles. The molecule has 0 aliphatic heterocycles. The van der Waals surface area contributed by atoms with Gasteiger partial charge in [-0.05, 0) is 31.0 Å². The van der Waals surface area contributed by atoms with Crippen molar-refractivity contribution in [2.75, 3.05) is 0 Å². The molecule has 0 saturated heterocycles. The summed E-state index contributed by atoms with van der Waals surface area (Å²) in [6.45, 7) is 2.78. The predicted molar refractivity (Wildman–Crippen MR) is 70.6 cm³/mol. The fourth-order valence-electron chi connectivity index (χ4n) is 2.07. The molecule has 1 aromatic carbocycles. The summed E-state index contributed by atoms with van der Waals surface area (Å²) in [6, 6.07) is 6.54. The highest BCUT2D eigenvalue weighted by atomic mass is 19.1. The molecule has 0 amide bonds. The van der Waals surface area contributed by atoms with E-state index in [-0.39, 0.29) is 11.9 Å². The highest BCUT2D eigenvalue weighted by molar-refractivity contribution is 5.17. The Labute approximate surface area is 111 Å². The van der Waals surface area contributed by atoms with Crippen LogP contribution in [0.3, 0.4) is 0 Å². The van der Waals surface area contributed by atoms with Gasteiger partial charge in [-0.3, -0.25) is 16.0 Å². The molecule has 1 heterocycles. The fraction of sp³-hybridized carbons (Fsp3) is 0.385. The summed E-state index contributed by atoms with van der Waals surface area (Å²) >= 11 is 0. The number of benzene rings is 1. The number of halogens is 1. The van der Waals surface area contributed by atoms with Gasteiger partial charge in [-0.25, -0.2) is 9.37 Å². The van der Waals surface area contributed by atoms with Crippen LogP contribution >= 0.6 is 0 Å². The van der Waals surface area contributed by atoms with Crippen molar-refractivity contribution in [3.8, 4) is 0 Å². The summed E-state index contributed by atoms with van der Waals surface area (Å²) in [4.78, 5) is 4.22. The number of nitrogens with two attached hydrogens (primary N) is 1. The zero-order chi connectivity index (χ0) is 13.7. The number of aryl methyl sites for hydroxylation is 1. The van der Waals surface area contributed by atoms with Gasteiger partial charge in [-0.1, -0.05) is 12.1 Å². The van der Waals surface area contributed by atoms with Gasteiger partial charge in [0.05, 0.1) is 0 Å². The first kappa shape index (κ1) is 13.6. The van der Waals surface area contributed by atoms with Crippen molar-refractivity contribution in [3.63, 3.8) is 0 Å². The van der Waals surface area contributed by atoms with Crippen molar-refractivity contribution < 1.29 is 4.39 Å². The Kier molecular flexibility index (Phi) is 4.59. The van der Waals surface area contributed by atoms with Crippen LogP contribution in [0.25, 0.3) is 0 Å². The first-order valence-electron chi connectivity index (χ1n) is 6.30. The molecule has 0 fully saturated rings. The number of aromatic nitrogens is 3. The van der Waals surface area contributed by atoms with Crippen LogP contribution in [0, 0.1) is 5.82 Å². The van der Waals surface area contributed by atoms with Gasteiger partial charge < -0.3 is 0 Å². The van der Waals surface area contributed by atoms with E-state index in [0.29, 0.717) is 12.8 Å². The van der Waals surface area contributed by atoms with Gasteiger partial charge in [-0.15, -0.1) is 0 Å². The maximum atomic E-state index is 13.1. The minimum atomic E-state index is -0.231. The molecule has 6 heteroatoms. The average Bonchev–Trinajstić information content (AvgIpc) is 2.85. The summed E-state index contributed by atoms with van der Waals surface area (Å²) in [6.07, 6.45) is 2.83. The second-order valence-electron chi connectivity index (χ2n) is 4.39. The van der Waals surface area contributed by atoms with E-state index >= 15 is 0 Å². The molecule has 2 rings (SSSR count). The molecule has 0 aliphatic carbocycles. The van der Waals surface area contributed by atoms with Crippen LogP contribution in [-0.2, 0) is 19.4 Å². The normalized spacial score (nSPS) is 12.6. The smallest absolute Gasteiger partial charge is 0.138 e. The SMILES string of the molecule is CCn1ncnc1CC(Cc1cccc(F)c1)NN. The molecule has 0 spiro atoms. The molecule has 0 bridgehead atoms. The van der Waals surface area contributed by atoms with Gasteiger partial charge in [0.2, 0.25) is 0 Å². The third-order valence-electron chi connectivity index (χ3n) is 3.03. The van der Waals surface area contributed by atoms with E-state index in [1.807, 2.05) is 17.7 Å². The molecule has 1 atom stereocenters. The molecule has 5 nitrogen and oxygen atoms in total. The Bertz CT molecular complexity index is 525. The predicted octanol–water partition coefficient (Wildman–Crippen LogP) is 1.05. The van der Waals surface area contributed by atoms with Crippen molar-refractivity contribution in [1.82, 2.24) is 20.2 Å². The number of nitrogens with one attached hydrogen (secondary N) is 1. The van der Waals surface area contributed by atoms with Gasteiger partial charge in [0, 0.05) is 19.0 Å². The lowest BCUT2D eigenvalue weighted by atomic mass is 10.0. The zero-order valence-electron chi connectivity index (χ0n) is 10.9. The van der Waals surface area contributed by atoms with Gasteiger partial charge in [-0.2, -0.15) is 5.10 Å². The van der Waals surface area contributed by atoms with E-state index in [1.54, 1.807) is 6.07 Å². The lowest BCUT2D eigenvalue weighted by Crippen LogP contribution is -2.39. The first-order valence-corrected chi connectivity index (χ1v) is 6.30. The van der Waals surface area contributed by atoms with Crippen LogP contribution in [0.2, 0.25) is 0 Å². The quantitative estimate of drug-likeness (QED) is 0.604. The van der Waals surface area contributed by atoms with Gasteiger partial charge in [0.15, 0.2) is 0 Å². The summed E-state index contributed by atoms with van der Waals surface area (Å²) < 4.78 is 15.0. The highest BCUT2D eigenvalue weighted by Gasteiger charge is 2.13. The summed E-state index contributed by atoms with van der Waals surface area (Å²) in [5.74, 6) is 6.21. The summed E-state index contributed by atoms with van der Waals surface area (Å²) in [5.41, 5.74) is 3.66. The Hall–Kier alpha value is -1.79. The third kappa shape index (κ3) is 3.59. The Balaban J connectivity index is 2.04. The fourth-order valence-corrected chi connectivity index (χ4v) is 2.07. The van der Waals surface area contributed by atoms with Crippen molar-refractivity contribution in [2.45, 2.75) is 32.4 Å². The number of nitrogens with zero attached hydrogens (tertiary/aromatic N) is 3. The zero-order valence-corrected chi connectivity index (χ0v) is 10.9. The van der Waals surface area contributed by atoms with E-state index < -0.39 is 0 Å². The minimum absolute atomic E-state index is 0.00343. The minimum Gasteiger partial charge on any atom is -0.271 e. The molecular formula is C13H18FN5. The molecule has 102 valence electrons. The van der Waals surface area contributed by atoms with E-state index in [1.165, 1.54) is 18.5 Å².